The molecule has 2 aromatic carbocycles. The van der Waals surface area contributed by atoms with Gasteiger partial charge in [0.1, 0.15) is 5.58 Å². The molecule has 0 aliphatic rings. The number of aryl methyl sites for hydroxylation is 2. The van der Waals surface area contributed by atoms with Gasteiger partial charge in [-0.05, 0) is 31.0 Å². The number of nitrogens with one attached hydrogen (secondary N) is 1. The lowest BCUT2D eigenvalue weighted by atomic mass is 10.1. The Morgan fingerprint density at radius 3 is 2.52 bits per heavy atom. The number of fused-ring (bicyclic) bond motifs is 1. The van der Waals surface area contributed by atoms with Gasteiger partial charge in [-0.3, -0.25) is 4.79 Å². The van der Waals surface area contributed by atoms with Crippen LogP contribution in [0.3, 0.4) is 0 Å². The zero-order valence-corrected chi connectivity index (χ0v) is 12.1. The van der Waals surface area contributed by atoms with Crippen molar-refractivity contribution in [2.24, 2.45) is 0 Å². The van der Waals surface area contributed by atoms with Gasteiger partial charge in [-0.1, -0.05) is 36.4 Å². The second kappa shape index (κ2) is 5.44. The van der Waals surface area contributed by atoms with E-state index in [0.717, 1.165) is 33.3 Å². The average Bonchev–Trinajstić information content (AvgIpc) is 2.87. The Kier molecular flexibility index (Phi) is 3.48. The predicted molar refractivity (Wildman–Crippen MR) is 84.5 cm³/mol. The lowest BCUT2D eigenvalue weighted by molar-refractivity contribution is -0.115. The monoisotopic (exact) mass is 279 g/mol. The lowest BCUT2D eigenvalue weighted by Gasteiger charge is -2.11. The van der Waals surface area contributed by atoms with Crippen LogP contribution in [-0.4, -0.2) is 5.91 Å². The van der Waals surface area contributed by atoms with E-state index >= 15 is 0 Å². The molecule has 0 unspecified atom stereocenters. The minimum Gasteiger partial charge on any atom is -0.464 e. The van der Waals surface area contributed by atoms with Crippen LogP contribution < -0.4 is 5.32 Å². The largest absolute Gasteiger partial charge is 0.464 e. The highest BCUT2D eigenvalue weighted by Gasteiger charge is 2.12. The maximum atomic E-state index is 12.3. The summed E-state index contributed by atoms with van der Waals surface area (Å²) < 4.78 is 5.47. The van der Waals surface area contributed by atoms with Gasteiger partial charge >= 0.3 is 0 Å². The standard InChI is InChI=1S/C18H17NO2/c1-12-6-5-7-13(2)18(12)19-17(20)10-14-11-21-16-9-4-3-8-15(14)16/h3-9,11H,10H2,1-2H3,(H,19,20). The molecule has 1 amide bonds. The van der Waals surface area contributed by atoms with Crippen LogP contribution in [0.1, 0.15) is 16.7 Å². The molecule has 0 saturated heterocycles. The quantitative estimate of drug-likeness (QED) is 0.779. The molecule has 3 heteroatoms. The summed E-state index contributed by atoms with van der Waals surface area (Å²) in [6, 6.07) is 13.7. The summed E-state index contributed by atoms with van der Waals surface area (Å²) in [4.78, 5) is 12.3. The second-order valence-corrected chi connectivity index (χ2v) is 5.25. The van der Waals surface area contributed by atoms with Crippen molar-refractivity contribution in [3.8, 4) is 0 Å². The molecule has 3 aromatic rings. The van der Waals surface area contributed by atoms with E-state index in [-0.39, 0.29) is 5.91 Å². The van der Waals surface area contributed by atoms with Gasteiger partial charge in [-0.2, -0.15) is 0 Å². The van der Waals surface area contributed by atoms with E-state index in [1.54, 1.807) is 6.26 Å². The molecule has 1 aromatic heterocycles. The first-order valence-electron chi connectivity index (χ1n) is 6.96. The van der Waals surface area contributed by atoms with E-state index in [1.807, 2.05) is 56.3 Å². The number of anilines is 1. The fourth-order valence-electron chi connectivity index (χ4n) is 2.54. The molecule has 3 nitrogen and oxygen atoms in total. The van der Waals surface area contributed by atoms with E-state index in [0.29, 0.717) is 6.42 Å². The second-order valence-electron chi connectivity index (χ2n) is 5.25. The van der Waals surface area contributed by atoms with E-state index in [2.05, 4.69) is 5.32 Å². The van der Waals surface area contributed by atoms with E-state index in [4.69, 9.17) is 4.42 Å². The van der Waals surface area contributed by atoms with E-state index in [9.17, 15) is 4.79 Å². The summed E-state index contributed by atoms with van der Waals surface area (Å²) in [5, 5.41) is 4.00. The van der Waals surface area contributed by atoms with Crippen LogP contribution in [0.15, 0.2) is 53.1 Å². The van der Waals surface area contributed by atoms with Gasteiger partial charge in [-0.15, -0.1) is 0 Å². The highest BCUT2D eigenvalue weighted by Crippen LogP contribution is 2.23. The smallest absolute Gasteiger partial charge is 0.228 e. The van der Waals surface area contributed by atoms with Crippen molar-refractivity contribution in [2.75, 3.05) is 5.32 Å². The molecule has 0 atom stereocenters. The summed E-state index contributed by atoms with van der Waals surface area (Å²) in [7, 11) is 0. The van der Waals surface area contributed by atoms with Crippen molar-refractivity contribution >= 4 is 22.6 Å². The Labute approximate surface area is 123 Å². The van der Waals surface area contributed by atoms with Crippen LogP contribution in [0.4, 0.5) is 5.69 Å². The molecule has 0 aliphatic heterocycles. The predicted octanol–water partition coefficient (Wildman–Crippen LogP) is 4.23. The topological polar surface area (TPSA) is 42.2 Å². The van der Waals surface area contributed by atoms with Crippen molar-refractivity contribution in [2.45, 2.75) is 20.3 Å². The highest BCUT2D eigenvalue weighted by molar-refractivity contribution is 5.96. The summed E-state index contributed by atoms with van der Waals surface area (Å²) in [6.07, 6.45) is 1.97. The first-order valence-corrected chi connectivity index (χ1v) is 6.96. The summed E-state index contributed by atoms with van der Waals surface area (Å²) in [5.41, 5.74) is 4.76. The summed E-state index contributed by atoms with van der Waals surface area (Å²) >= 11 is 0. The molecule has 0 bridgehead atoms. The Hall–Kier alpha value is -2.55. The maximum Gasteiger partial charge on any atom is 0.228 e. The molecule has 0 radical (unpaired) electrons. The first kappa shape index (κ1) is 13.4. The Balaban J connectivity index is 1.81. The van der Waals surface area contributed by atoms with Crippen LogP contribution in [0, 0.1) is 13.8 Å². The molecule has 0 aliphatic carbocycles. The van der Waals surface area contributed by atoms with Crippen molar-refractivity contribution in [1.82, 2.24) is 0 Å². The number of rotatable bonds is 3. The van der Waals surface area contributed by atoms with Crippen LogP contribution in [0.2, 0.25) is 0 Å². The van der Waals surface area contributed by atoms with Crippen LogP contribution in [0.25, 0.3) is 11.0 Å². The Morgan fingerprint density at radius 1 is 1.05 bits per heavy atom. The van der Waals surface area contributed by atoms with Crippen molar-refractivity contribution in [1.29, 1.82) is 0 Å². The maximum absolute atomic E-state index is 12.3. The fraction of sp³-hybridized carbons (Fsp3) is 0.167. The molecule has 0 saturated carbocycles. The number of hydrogen-bond acceptors (Lipinski definition) is 2. The molecule has 1 N–H and O–H groups in total. The van der Waals surface area contributed by atoms with Gasteiger partial charge < -0.3 is 9.73 Å². The van der Waals surface area contributed by atoms with Gasteiger partial charge in [0.2, 0.25) is 5.91 Å². The summed E-state index contributed by atoms with van der Waals surface area (Å²) in [5.74, 6) is -0.0287. The molecular formula is C18H17NO2. The molecule has 3 rings (SSSR count). The van der Waals surface area contributed by atoms with Gasteiger partial charge in [0.05, 0.1) is 12.7 Å². The van der Waals surface area contributed by atoms with Gasteiger partial charge in [0, 0.05) is 16.6 Å². The number of carbonyl (C=O) groups excluding carboxylic acids is 1. The molecule has 21 heavy (non-hydrogen) atoms. The number of benzene rings is 2. The van der Waals surface area contributed by atoms with E-state index < -0.39 is 0 Å². The van der Waals surface area contributed by atoms with Crippen LogP contribution in [0.5, 0.6) is 0 Å². The number of hydrogen-bond donors (Lipinski definition) is 1. The third-order valence-corrected chi connectivity index (χ3v) is 3.66. The molecule has 1 heterocycles. The lowest BCUT2D eigenvalue weighted by Crippen LogP contribution is -2.15. The number of furan rings is 1. The van der Waals surface area contributed by atoms with Gasteiger partial charge in [0.15, 0.2) is 0 Å². The fourth-order valence-corrected chi connectivity index (χ4v) is 2.54. The van der Waals surface area contributed by atoms with Crippen molar-refractivity contribution in [3.05, 3.63) is 65.4 Å². The Bertz CT molecular complexity index is 782. The van der Waals surface area contributed by atoms with Gasteiger partial charge in [0.25, 0.3) is 0 Å². The molecular weight excluding hydrogens is 262 g/mol. The van der Waals surface area contributed by atoms with Crippen molar-refractivity contribution < 1.29 is 9.21 Å². The zero-order chi connectivity index (χ0) is 14.8. The zero-order valence-electron chi connectivity index (χ0n) is 12.1. The van der Waals surface area contributed by atoms with Crippen LogP contribution in [-0.2, 0) is 11.2 Å². The number of amides is 1. The molecule has 0 fully saturated rings. The number of carbonyl (C=O) groups is 1. The molecule has 106 valence electrons. The number of para-hydroxylation sites is 2. The first-order chi connectivity index (χ1) is 10.1. The normalized spacial score (nSPS) is 10.8. The van der Waals surface area contributed by atoms with Crippen LogP contribution >= 0.6 is 0 Å². The van der Waals surface area contributed by atoms with Crippen molar-refractivity contribution in [3.63, 3.8) is 0 Å². The van der Waals surface area contributed by atoms with E-state index in [1.165, 1.54) is 0 Å². The minimum atomic E-state index is -0.0287. The highest BCUT2D eigenvalue weighted by atomic mass is 16.3. The summed E-state index contributed by atoms with van der Waals surface area (Å²) in [6.45, 7) is 3.99. The third-order valence-electron chi connectivity index (χ3n) is 3.66. The molecule has 0 spiro atoms. The average molecular weight is 279 g/mol. The van der Waals surface area contributed by atoms with Gasteiger partial charge in [-0.25, -0.2) is 0 Å². The Morgan fingerprint density at radius 2 is 1.76 bits per heavy atom. The third kappa shape index (κ3) is 2.68. The SMILES string of the molecule is Cc1cccc(C)c1NC(=O)Cc1coc2ccccc12. The minimum absolute atomic E-state index is 0.0287.